The first kappa shape index (κ1) is 32.3. The third-order valence-corrected chi connectivity index (χ3v) is 7.40. The number of aromatic amines is 1. The molecule has 0 saturated heterocycles. The third kappa shape index (κ3) is 7.45. The number of para-hydroxylation sites is 1. The molecule has 44 heavy (non-hydrogen) atoms. The number of nitrogens with zero attached hydrogens (tertiary/aromatic N) is 2. The molecule has 9 nitrogen and oxygen atoms in total. The second-order valence-corrected chi connectivity index (χ2v) is 11.3. The zero-order valence-electron chi connectivity index (χ0n) is 26.4. The van der Waals surface area contributed by atoms with Gasteiger partial charge in [-0.25, -0.2) is 9.78 Å². The number of ether oxygens (including phenoxy) is 2. The number of H-pyrrole nitrogens is 1. The summed E-state index contributed by atoms with van der Waals surface area (Å²) in [4.78, 5) is 48.2. The smallest absolute Gasteiger partial charge is 0.326 e. The fraction of sp³-hybridized carbons (Fsp3) is 0.371. The van der Waals surface area contributed by atoms with Crippen molar-refractivity contribution in [3.63, 3.8) is 0 Å². The molecule has 4 aromatic rings. The van der Waals surface area contributed by atoms with E-state index >= 15 is 0 Å². The van der Waals surface area contributed by atoms with Crippen molar-refractivity contribution in [2.75, 3.05) is 30.0 Å². The van der Waals surface area contributed by atoms with Crippen molar-refractivity contribution in [1.82, 2.24) is 9.97 Å². The number of urea groups is 1. The maximum atomic E-state index is 14.3. The normalized spacial score (nSPS) is 11.2. The number of fused-ring (bicyclic) bond motifs is 1. The van der Waals surface area contributed by atoms with Crippen LogP contribution >= 0.6 is 0 Å². The van der Waals surface area contributed by atoms with Gasteiger partial charge in [-0.2, -0.15) is 0 Å². The van der Waals surface area contributed by atoms with Crippen LogP contribution in [0.5, 0.6) is 5.75 Å². The zero-order valence-corrected chi connectivity index (χ0v) is 26.4. The SMILES string of the molecule is CCCCN(C(=O)Nc1c(C(C)C)cccc1C(C)C)c1c(-c2cccc(OCCOC(C)=O)c2)c2cccnc2[nH]c1=O. The lowest BCUT2D eigenvalue weighted by Gasteiger charge is -2.28. The monoisotopic (exact) mass is 598 g/mol. The van der Waals surface area contributed by atoms with Crippen LogP contribution in [0.2, 0.25) is 0 Å². The Hall–Kier alpha value is -4.66. The standard InChI is InChI=1S/C35H42N4O5/c1-7-8-18-39(35(42)37-31-27(22(2)3)14-10-15-28(31)23(4)5)32-30(29-16-11-17-36-33(29)38-34(32)41)25-12-9-13-26(21-25)44-20-19-43-24(6)40/h9-17,21-23H,7-8,18-20H2,1-6H3,(H,37,42)(H,36,38,41). The maximum Gasteiger partial charge on any atom is 0.326 e. The minimum atomic E-state index is -0.417. The van der Waals surface area contributed by atoms with Crippen LogP contribution in [-0.2, 0) is 9.53 Å². The number of carbonyl (C=O) groups excluding carboxylic acids is 2. The van der Waals surface area contributed by atoms with Gasteiger partial charge in [0.05, 0.1) is 0 Å². The molecular weight excluding hydrogens is 556 g/mol. The van der Waals surface area contributed by atoms with E-state index in [1.807, 2.05) is 49.4 Å². The molecule has 2 aromatic heterocycles. The Kier molecular flexibility index (Phi) is 10.8. The molecular formula is C35H42N4O5. The van der Waals surface area contributed by atoms with E-state index in [4.69, 9.17) is 9.47 Å². The van der Waals surface area contributed by atoms with Gasteiger partial charge in [-0.1, -0.05) is 71.4 Å². The Morgan fingerprint density at radius 3 is 2.34 bits per heavy atom. The van der Waals surface area contributed by atoms with E-state index in [9.17, 15) is 14.4 Å². The second-order valence-electron chi connectivity index (χ2n) is 11.3. The van der Waals surface area contributed by atoms with E-state index in [1.165, 1.54) is 6.92 Å². The molecule has 0 aliphatic rings. The Bertz CT molecular complexity index is 1650. The Morgan fingerprint density at radius 2 is 1.68 bits per heavy atom. The summed E-state index contributed by atoms with van der Waals surface area (Å²) in [5.74, 6) is 0.524. The van der Waals surface area contributed by atoms with Crippen molar-refractivity contribution in [2.45, 2.75) is 66.2 Å². The maximum absolute atomic E-state index is 14.3. The van der Waals surface area contributed by atoms with Crippen LogP contribution in [-0.4, -0.2) is 41.7 Å². The summed E-state index contributed by atoms with van der Waals surface area (Å²) in [6.07, 6.45) is 3.14. The Labute approximate surface area is 258 Å². The number of nitrogens with one attached hydrogen (secondary N) is 2. The van der Waals surface area contributed by atoms with E-state index in [0.717, 1.165) is 23.2 Å². The molecule has 0 unspecified atom stereocenters. The molecule has 2 amide bonds. The second kappa shape index (κ2) is 14.7. The van der Waals surface area contributed by atoms with Gasteiger partial charge in [-0.05, 0) is 59.2 Å². The molecule has 2 N–H and O–H groups in total. The van der Waals surface area contributed by atoms with E-state index in [2.05, 4.69) is 43.0 Å². The average Bonchev–Trinajstić information content (AvgIpc) is 2.99. The minimum Gasteiger partial charge on any atom is -0.490 e. The van der Waals surface area contributed by atoms with Gasteiger partial charge in [-0.15, -0.1) is 0 Å². The highest BCUT2D eigenvalue weighted by Gasteiger charge is 2.27. The van der Waals surface area contributed by atoms with Gasteiger partial charge in [0.25, 0.3) is 5.56 Å². The van der Waals surface area contributed by atoms with E-state index in [1.54, 1.807) is 23.2 Å². The summed E-state index contributed by atoms with van der Waals surface area (Å²) in [6.45, 7) is 12.4. The zero-order chi connectivity index (χ0) is 31.8. The van der Waals surface area contributed by atoms with Crippen LogP contribution in [0.3, 0.4) is 0 Å². The molecule has 0 fully saturated rings. The lowest BCUT2D eigenvalue weighted by atomic mass is 9.92. The molecule has 0 atom stereocenters. The number of amides is 2. The van der Waals surface area contributed by atoms with Crippen LogP contribution in [0.1, 0.15) is 77.3 Å². The number of benzene rings is 2. The fourth-order valence-corrected chi connectivity index (χ4v) is 5.25. The van der Waals surface area contributed by atoms with Gasteiger partial charge in [0, 0.05) is 36.3 Å². The molecule has 0 spiro atoms. The molecule has 2 aromatic carbocycles. The first-order valence-electron chi connectivity index (χ1n) is 15.2. The third-order valence-electron chi connectivity index (χ3n) is 7.40. The number of carbonyl (C=O) groups is 2. The Morgan fingerprint density at radius 1 is 0.977 bits per heavy atom. The molecule has 0 saturated carbocycles. The van der Waals surface area contributed by atoms with Gasteiger partial charge in [0.2, 0.25) is 0 Å². The van der Waals surface area contributed by atoms with Gasteiger partial charge >= 0.3 is 12.0 Å². The summed E-state index contributed by atoms with van der Waals surface area (Å²) in [7, 11) is 0. The first-order chi connectivity index (χ1) is 21.1. The molecule has 9 heteroatoms. The average molecular weight is 599 g/mol. The van der Waals surface area contributed by atoms with Crippen LogP contribution in [0, 0.1) is 0 Å². The summed E-state index contributed by atoms with van der Waals surface area (Å²) in [5.41, 5.74) is 4.36. The van der Waals surface area contributed by atoms with Crippen molar-refractivity contribution in [1.29, 1.82) is 0 Å². The number of aromatic nitrogens is 2. The quantitative estimate of drug-likeness (QED) is 0.128. The van der Waals surface area contributed by atoms with E-state index in [0.29, 0.717) is 40.9 Å². The Balaban J connectivity index is 1.86. The van der Waals surface area contributed by atoms with Crippen LogP contribution in [0.15, 0.2) is 65.6 Å². The lowest BCUT2D eigenvalue weighted by Crippen LogP contribution is -2.40. The molecule has 0 radical (unpaired) electrons. The summed E-state index contributed by atoms with van der Waals surface area (Å²) in [6, 6.07) is 16.7. The highest BCUT2D eigenvalue weighted by atomic mass is 16.6. The molecule has 232 valence electrons. The van der Waals surface area contributed by atoms with Gasteiger partial charge in [-0.3, -0.25) is 14.5 Å². The number of esters is 1. The van der Waals surface area contributed by atoms with E-state index in [-0.39, 0.29) is 42.7 Å². The number of rotatable bonds is 12. The van der Waals surface area contributed by atoms with Gasteiger partial charge in [0.1, 0.15) is 30.3 Å². The van der Waals surface area contributed by atoms with Gasteiger partial charge in [0.15, 0.2) is 0 Å². The number of anilines is 2. The largest absolute Gasteiger partial charge is 0.490 e. The van der Waals surface area contributed by atoms with Crippen molar-refractivity contribution in [3.05, 3.63) is 82.3 Å². The van der Waals surface area contributed by atoms with Crippen LogP contribution < -0.4 is 20.5 Å². The molecule has 0 bridgehead atoms. The highest BCUT2D eigenvalue weighted by Crippen LogP contribution is 2.37. The van der Waals surface area contributed by atoms with Crippen LogP contribution in [0.4, 0.5) is 16.2 Å². The first-order valence-corrected chi connectivity index (χ1v) is 15.2. The van der Waals surface area contributed by atoms with Gasteiger partial charge < -0.3 is 19.8 Å². The number of pyridine rings is 2. The topological polar surface area (TPSA) is 114 Å². The van der Waals surface area contributed by atoms with Crippen LogP contribution in [0.25, 0.3) is 22.2 Å². The molecule has 2 heterocycles. The number of hydrogen-bond acceptors (Lipinski definition) is 6. The summed E-state index contributed by atoms with van der Waals surface area (Å²) in [5, 5.41) is 3.90. The number of unbranched alkanes of at least 4 members (excludes halogenated alkanes) is 1. The molecule has 0 aliphatic heterocycles. The molecule has 0 aliphatic carbocycles. The minimum absolute atomic E-state index is 0.115. The fourth-order valence-electron chi connectivity index (χ4n) is 5.25. The molecule has 4 rings (SSSR count). The predicted molar refractivity (Wildman–Crippen MR) is 176 cm³/mol. The highest BCUT2D eigenvalue weighted by molar-refractivity contribution is 6.09. The van der Waals surface area contributed by atoms with Crippen molar-refractivity contribution in [3.8, 4) is 16.9 Å². The summed E-state index contributed by atoms with van der Waals surface area (Å²) < 4.78 is 10.8. The van der Waals surface area contributed by atoms with Crippen molar-refractivity contribution in [2.24, 2.45) is 0 Å². The number of hydrogen-bond donors (Lipinski definition) is 2. The predicted octanol–water partition coefficient (Wildman–Crippen LogP) is 7.62. The van der Waals surface area contributed by atoms with Crippen molar-refractivity contribution < 1.29 is 19.1 Å². The van der Waals surface area contributed by atoms with E-state index < -0.39 is 5.56 Å². The lowest BCUT2D eigenvalue weighted by molar-refractivity contribution is -0.141. The van der Waals surface area contributed by atoms with Crippen molar-refractivity contribution >= 4 is 34.4 Å². The summed E-state index contributed by atoms with van der Waals surface area (Å²) >= 11 is 0.